The van der Waals surface area contributed by atoms with Crippen LogP contribution in [0.25, 0.3) is 0 Å². The zero-order valence-corrected chi connectivity index (χ0v) is 14.6. The van der Waals surface area contributed by atoms with Crippen LogP contribution in [0.3, 0.4) is 0 Å². The fourth-order valence-electron chi connectivity index (χ4n) is 4.30. The summed E-state index contributed by atoms with van der Waals surface area (Å²) in [6.07, 6.45) is 2.27. The summed E-state index contributed by atoms with van der Waals surface area (Å²) in [7, 11) is 0. The van der Waals surface area contributed by atoms with Gasteiger partial charge in [-0.25, -0.2) is 0 Å². The van der Waals surface area contributed by atoms with Crippen molar-refractivity contribution in [2.75, 3.05) is 13.2 Å². The van der Waals surface area contributed by atoms with E-state index < -0.39 is 0 Å². The molecule has 25 heavy (non-hydrogen) atoms. The zero-order chi connectivity index (χ0) is 17.6. The molecule has 0 bridgehead atoms. The van der Waals surface area contributed by atoms with Crippen LogP contribution in [0.1, 0.15) is 39.5 Å². The van der Waals surface area contributed by atoms with E-state index in [1.165, 1.54) is 0 Å². The molecule has 2 amide bonds. The van der Waals surface area contributed by atoms with Crippen LogP contribution in [0.4, 0.5) is 0 Å². The molecule has 8 nitrogen and oxygen atoms in total. The molecule has 1 saturated carbocycles. The molecule has 4 atom stereocenters. The Morgan fingerprint density at radius 3 is 2.36 bits per heavy atom. The number of hydrogen-bond acceptors (Lipinski definition) is 6. The molecule has 3 heterocycles. The summed E-state index contributed by atoms with van der Waals surface area (Å²) in [5.74, 6) is -0.0333. The van der Waals surface area contributed by atoms with Crippen LogP contribution in [0.15, 0.2) is 5.16 Å². The van der Waals surface area contributed by atoms with Crippen LogP contribution in [0.5, 0.6) is 0 Å². The van der Waals surface area contributed by atoms with Crippen LogP contribution in [-0.4, -0.2) is 60.6 Å². The Balaban J connectivity index is 1.27. The van der Waals surface area contributed by atoms with Crippen molar-refractivity contribution >= 4 is 17.5 Å². The molecule has 0 unspecified atom stereocenters. The number of nitrogens with one attached hydrogen (secondary N) is 2. The molecule has 4 aliphatic rings. The Bertz CT molecular complexity index is 601. The molecule has 8 heteroatoms. The van der Waals surface area contributed by atoms with Crippen molar-refractivity contribution in [3.05, 3.63) is 0 Å². The average Bonchev–Trinajstić information content (AvgIpc) is 3.23. The van der Waals surface area contributed by atoms with E-state index >= 15 is 0 Å². The number of fused-ring (bicyclic) bond motifs is 1. The van der Waals surface area contributed by atoms with Crippen LogP contribution >= 0.6 is 0 Å². The van der Waals surface area contributed by atoms with Gasteiger partial charge < -0.3 is 24.9 Å². The fraction of sp³-hybridized carbons (Fsp3) is 0.824. The largest absolute Gasteiger partial charge is 0.389 e. The first kappa shape index (κ1) is 16.8. The lowest BCUT2D eigenvalue weighted by atomic mass is 9.68. The van der Waals surface area contributed by atoms with Gasteiger partial charge >= 0.3 is 0 Å². The zero-order valence-electron chi connectivity index (χ0n) is 14.6. The highest BCUT2D eigenvalue weighted by Gasteiger charge is 2.54. The lowest BCUT2D eigenvalue weighted by molar-refractivity contribution is -0.148. The summed E-state index contributed by atoms with van der Waals surface area (Å²) in [5, 5.41) is 9.99. The van der Waals surface area contributed by atoms with Crippen LogP contribution in [-0.2, 0) is 23.9 Å². The lowest BCUT2D eigenvalue weighted by Crippen LogP contribution is -2.54. The van der Waals surface area contributed by atoms with Crippen molar-refractivity contribution in [2.24, 2.45) is 11.1 Å². The van der Waals surface area contributed by atoms with E-state index in [0.29, 0.717) is 32.5 Å². The van der Waals surface area contributed by atoms with E-state index in [1.54, 1.807) is 0 Å². The third kappa shape index (κ3) is 3.01. The molecule has 2 N–H and O–H groups in total. The summed E-state index contributed by atoms with van der Waals surface area (Å²) < 4.78 is 11.6. The molecular weight excluding hydrogens is 326 g/mol. The quantitative estimate of drug-likeness (QED) is 0.749. The van der Waals surface area contributed by atoms with Crippen LogP contribution in [0, 0.1) is 5.92 Å². The molecule has 3 aliphatic heterocycles. The number of hydrogen-bond donors (Lipinski definition) is 2. The topological polar surface area (TPSA) is 98.2 Å². The highest BCUT2D eigenvalue weighted by Crippen LogP contribution is 2.46. The number of carbonyl (C=O) groups is 2. The van der Waals surface area contributed by atoms with E-state index in [-0.39, 0.29) is 47.6 Å². The Hall–Kier alpha value is -1.67. The summed E-state index contributed by atoms with van der Waals surface area (Å²) in [6, 6.07) is -0.307. The minimum Gasteiger partial charge on any atom is -0.389 e. The molecule has 0 aromatic carbocycles. The predicted molar refractivity (Wildman–Crippen MR) is 87.9 cm³/mol. The van der Waals surface area contributed by atoms with Gasteiger partial charge in [-0.15, -0.1) is 0 Å². The molecular formula is C17H25N3O5. The normalized spacial score (nSPS) is 41.7. The SMILES string of the molecule is CCC(=O)N[C@H]1CO[C@H]2[C@@H]1OC[C@@H]2NC(=O)C1CC2(CC(C)=NO2)C1. The molecule has 0 radical (unpaired) electrons. The third-order valence-electron chi connectivity index (χ3n) is 5.63. The van der Waals surface area contributed by atoms with Crippen LogP contribution < -0.4 is 10.6 Å². The van der Waals surface area contributed by atoms with E-state index in [9.17, 15) is 9.59 Å². The number of carbonyl (C=O) groups excluding carboxylic acids is 2. The second-order valence-electron chi connectivity index (χ2n) is 7.62. The Morgan fingerprint density at radius 2 is 1.80 bits per heavy atom. The molecule has 3 fully saturated rings. The van der Waals surface area contributed by atoms with Gasteiger partial charge in [0.15, 0.2) is 0 Å². The standard InChI is InChI=1S/C17H25N3O5/c1-3-13(21)18-11-7-23-15-12(8-24-14(11)15)19-16(22)10-5-17(6-10)4-9(2)20-25-17/h10-12,14-15H,3-8H2,1-2H3,(H,18,21)(H,19,22)/t10?,11-,12-,14+,15+,17?/m0/s1. The summed E-state index contributed by atoms with van der Waals surface area (Å²) in [6.45, 7) is 4.59. The predicted octanol–water partition coefficient (Wildman–Crippen LogP) is 0.109. The molecule has 0 aromatic rings. The van der Waals surface area contributed by atoms with Gasteiger partial charge in [-0.1, -0.05) is 12.1 Å². The van der Waals surface area contributed by atoms with Gasteiger partial charge in [-0.3, -0.25) is 9.59 Å². The number of oxime groups is 1. The molecule has 138 valence electrons. The Kier molecular flexibility index (Phi) is 4.19. The molecule has 1 spiro atoms. The van der Waals surface area contributed by atoms with Gasteiger partial charge in [0.2, 0.25) is 11.8 Å². The number of rotatable bonds is 4. The van der Waals surface area contributed by atoms with E-state index in [1.807, 2.05) is 13.8 Å². The van der Waals surface area contributed by atoms with Gasteiger partial charge in [0.1, 0.15) is 17.8 Å². The fourth-order valence-corrected chi connectivity index (χ4v) is 4.30. The first-order valence-corrected chi connectivity index (χ1v) is 9.04. The molecule has 1 aliphatic carbocycles. The lowest BCUT2D eigenvalue weighted by Gasteiger charge is -2.41. The third-order valence-corrected chi connectivity index (χ3v) is 5.63. The van der Waals surface area contributed by atoms with E-state index in [2.05, 4.69) is 15.8 Å². The Labute approximate surface area is 146 Å². The van der Waals surface area contributed by atoms with Gasteiger partial charge in [0.05, 0.1) is 31.0 Å². The number of amides is 2. The van der Waals surface area contributed by atoms with Crippen molar-refractivity contribution < 1.29 is 23.9 Å². The summed E-state index contributed by atoms with van der Waals surface area (Å²) in [5.41, 5.74) is 0.741. The van der Waals surface area contributed by atoms with Crippen LogP contribution in [0.2, 0.25) is 0 Å². The van der Waals surface area contributed by atoms with E-state index in [0.717, 1.165) is 12.1 Å². The van der Waals surface area contributed by atoms with Gasteiger partial charge in [-0.2, -0.15) is 0 Å². The highest BCUT2D eigenvalue weighted by atomic mass is 16.7. The number of nitrogens with zero attached hydrogens (tertiary/aromatic N) is 1. The second-order valence-corrected chi connectivity index (χ2v) is 7.62. The highest BCUT2D eigenvalue weighted by molar-refractivity contribution is 5.85. The number of ether oxygens (including phenoxy) is 2. The monoisotopic (exact) mass is 351 g/mol. The molecule has 4 rings (SSSR count). The smallest absolute Gasteiger partial charge is 0.223 e. The first-order valence-electron chi connectivity index (χ1n) is 9.04. The van der Waals surface area contributed by atoms with Crippen molar-refractivity contribution in [3.8, 4) is 0 Å². The minimum absolute atomic E-state index is 0.0147. The Morgan fingerprint density at radius 1 is 1.16 bits per heavy atom. The summed E-state index contributed by atoms with van der Waals surface area (Å²) in [4.78, 5) is 29.6. The summed E-state index contributed by atoms with van der Waals surface area (Å²) >= 11 is 0. The second kappa shape index (κ2) is 6.25. The van der Waals surface area contributed by atoms with Crippen molar-refractivity contribution in [1.29, 1.82) is 0 Å². The maximum absolute atomic E-state index is 12.5. The van der Waals surface area contributed by atoms with Crippen molar-refractivity contribution in [3.63, 3.8) is 0 Å². The van der Waals surface area contributed by atoms with Crippen molar-refractivity contribution in [1.82, 2.24) is 10.6 Å². The van der Waals surface area contributed by atoms with Gasteiger partial charge in [0, 0.05) is 31.6 Å². The van der Waals surface area contributed by atoms with E-state index in [4.69, 9.17) is 14.3 Å². The molecule has 2 saturated heterocycles. The maximum atomic E-state index is 12.5. The maximum Gasteiger partial charge on any atom is 0.223 e. The average molecular weight is 351 g/mol. The first-order chi connectivity index (χ1) is 12.0. The van der Waals surface area contributed by atoms with Gasteiger partial charge in [0.25, 0.3) is 0 Å². The minimum atomic E-state index is -0.250. The van der Waals surface area contributed by atoms with Gasteiger partial charge in [-0.05, 0) is 6.92 Å². The molecule has 0 aromatic heterocycles. The van der Waals surface area contributed by atoms with Crippen molar-refractivity contribution in [2.45, 2.75) is 69.4 Å².